The first-order chi connectivity index (χ1) is 8.79. The molecule has 2 N–H and O–H groups in total. The number of rotatable bonds is 3. The van der Waals surface area contributed by atoms with E-state index in [1.165, 1.54) is 0 Å². The van der Waals surface area contributed by atoms with E-state index in [-0.39, 0.29) is 12.6 Å². The molecule has 0 unspecified atom stereocenters. The summed E-state index contributed by atoms with van der Waals surface area (Å²) in [5.41, 5.74) is 1.90. The summed E-state index contributed by atoms with van der Waals surface area (Å²) >= 11 is 0. The number of ether oxygens (including phenoxy) is 1. The van der Waals surface area contributed by atoms with E-state index in [4.69, 9.17) is 9.84 Å². The van der Waals surface area contributed by atoms with E-state index >= 15 is 0 Å². The van der Waals surface area contributed by atoms with E-state index in [0.29, 0.717) is 32.8 Å². The van der Waals surface area contributed by atoms with E-state index in [2.05, 4.69) is 5.32 Å². The highest BCUT2D eigenvalue weighted by Crippen LogP contribution is 2.04. The van der Waals surface area contributed by atoms with E-state index in [1.54, 1.807) is 4.90 Å². The van der Waals surface area contributed by atoms with Crippen molar-refractivity contribution >= 4 is 6.03 Å². The van der Waals surface area contributed by atoms with Crippen molar-refractivity contribution in [3.05, 3.63) is 35.4 Å². The summed E-state index contributed by atoms with van der Waals surface area (Å²) in [6, 6.07) is 7.48. The van der Waals surface area contributed by atoms with Gasteiger partial charge in [-0.05, 0) is 11.1 Å². The molecule has 2 amide bonds. The first-order valence-corrected chi connectivity index (χ1v) is 6.09. The van der Waals surface area contributed by atoms with Gasteiger partial charge in [-0.25, -0.2) is 4.79 Å². The highest BCUT2D eigenvalue weighted by atomic mass is 16.5. The Morgan fingerprint density at radius 3 is 2.44 bits per heavy atom. The molecule has 18 heavy (non-hydrogen) atoms. The SMILES string of the molecule is O=C(NCc1ccc(CO)cc1)N1CCOCC1. The zero-order valence-corrected chi connectivity index (χ0v) is 10.3. The second kappa shape index (κ2) is 6.37. The Bertz CT molecular complexity index is 386. The molecule has 1 aliphatic heterocycles. The van der Waals surface area contributed by atoms with Crippen molar-refractivity contribution in [2.24, 2.45) is 0 Å². The van der Waals surface area contributed by atoms with Crippen LogP contribution >= 0.6 is 0 Å². The van der Waals surface area contributed by atoms with Gasteiger partial charge in [0.1, 0.15) is 0 Å². The molecule has 5 heteroatoms. The number of carbonyl (C=O) groups is 1. The molecule has 0 aliphatic carbocycles. The number of amides is 2. The number of nitrogens with zero attached hydrogens (tertiary/aromatic N) is 1. The summed E-state index contributed by atoms with van der Waals surface area (Å²) in [5, 5.41) is 11.8. The maximum atomic E-state index is 11.8. The summed E-state index contributed by atoms with van der Waals surface area (Å²) < 4.78 is 5.19. The van der Waals surface area contributed by atoms with Crippen LogP contribution in [-0.4, -0.2) is 42.3 Å². The maximum Gasteiger partial charge on any atom is 0.317 e. The summed E-state index contributed by atoms with van der Waals surface area (Å²) in [6.07, 6.45) is 0. The van der Waals surface area contributed by atoms with Gasteiger partial charge in [0.2, 0.25) is 0 Å². The lowest BCUT2D eigenvalue weighted by atomic mass is 10.1. The lowest BCUT2D eigenvalue weighted by Gasteiger charge is -2.26. The van der Waals surface area contributed by atoms with Crippen LogP contribution in [0, 0.1) is 0 Å². The quantitative estimate of drug-likeness (QED) is 0.831. The predicted molar refractivity (Wildman–Crippen MR) is 67.0 cm³/mol. The van der Waals surface area contributed by atoms with Crippen LogP contribution in [0.2, 0.25) is 0 Å². The lowest BCUT2D eigenvalue weighted by Crippen LogP contribution is -2.45. The average molecular weight is 250 g/mol. The molecule has 0 spiro atoms. The second-order valence-corrected chi connectivity index (χ2v) is 4.23. The van der Waals surface area contributed by atoms with Gasteiger partial charge in [0, 0.05) is 19.6 Å². The largest absolute Gasteiger partial charge is 0.392 e. The highest BCUT2D eigenvalue weighted by Gasteiger charge is 2.15. The van der Waals surface area contributed by atoms with Gasteiger partial charge in [0.05, 0.1) is 19.8 Å². The number of aliphatic hydroxyl groups is 1. The van der Waals surface area contributed by atoms with Crippen molar-refractivity contribution in [1.82, 2.24) is 10.2 Å². The van der Waals surface area contributed by atoms with E-state index in [9.17, 15) is 4.79 Å². The monoisotopic (exact) mass is 250 g/mol. The third-order valence-electron chi connectivity index (χ3n) is 2.95. The Morgan fingerprint density at radius 1 is 1.22 bits per heavy atom. The summed E-state index contributed by atoms with van der Waals surface area (Å²) in [5.74, 6) is 0. The molecule has 1 aromatic carbocycles. The van der Waals surface area contributed by atoms with Gasteiger partial charge in [-0.2, -0.15) is 0 Å². The van der Waals surface area contributed by atoms with Gasteiger partial charge < -0.3 is 20.1 Å². The Kier molecular flexibility index (Phi) is 4.55. The summed E-state index contributed by atoms with van der Waals surface area (Å²) in [4.78, 5) is 13.6. The standard InChI is InChI=1S/C13H18N2O3/c16-10-12-3-1-11(2-4-12)9-14-13(17)15-5-7-18-8-6-15/h1-4,16H,5-10H2,(H,14,17). The molecule has 1 fully saturated rings. The van der Waals surface area contributed by atoms with Crippen molar-refractivity contribution in [2.45, 2.75) is 13.2 Å². The first-order valence-electron chi connectivity index (χ1n) is 6.09. The number of aliphatic hydroxyl groups excluding tert-OH is 1. The lowest BCUT2D eigenvalue weighted by molar-refractivity contribution is 0.0531. The molecule has 1 heterocycles. The molecular weight excluding hydrogens is 232 g/mol. The number of hydrogen-bond donors (Lipinski definition) is 2. The van der Waals surface area contributed by atoms with Crippen molar-refractivity contribution in [1.29, 1.82) is 0 Å². The third-order valence-corrected chi connectivity index (χ3v) is 2.95. The van der Waals surface area contributed by atoms with E-state index in [0.717, 1.165) is 11.1 Å². The number of morpholine rings is 1. The molecule has 0 atom stereocenters. The van der Waals surface area contributed by atoms with Gasteiger partial charge in [0.25, 0.3) is 0 Å². The number of carbonyl (C=O) groups excluding carboxylic acids is 1. The second-order valence-electron chi connectivity index (χ2n) is 4.23. The van der Waals surface area contributed by atoms with Crippen molar-refractivity contribution < 1.29 is 14.6 Å². The number of hydrogen-bond acceptors (Lipinski definition) is 3. The number of urea groups is 1. The average Bonchev–Trinajstić information content (AvgIpc) is 2.46. The predicted octanol–water partition coefficient (Wildman–Crippen LogP) is 0.721. The van der Waals surface area contributed by atoms with Crippen LogP contribution in [0.5, 0.6) is 0 Å². The highest BCUT2D eigenvalue weighted by molar-refractivity contribution is 5.74. The minimum Gasteiger partial charge on any atom is -0.392 e. The van der Waals surface area contributed by atoms with E-state index in [1.807, 2.05) is 24.3 Å². The fraction of sp³-hybridized carbons (Fsp3) is 0.462. The molecule has 0 aromatic heterocycles. The topological polar surface area (TPSA) is 61.8 Å². The first kappa shape index (κ1) is 12.9. The molecule has 0 radical (unpaired) electrons. The van der Waals surface area contributed by atoms with Crippen LogP contribution in [-0.2, 0) is 17.9 Å². The Morgan fingerprint density at radius 2 is 1.83 bits per heavy atom. The maximum absolute atomic E-state index is 11.8. The molecule has 1 aliphatic rings. The zero-order chi connectivity index (χ0) is 12.8. The Hall–Kier alpha value is -1.59. The number of benzene rings is 1. The zero-order valence-electron chi connectivity index (χ0n) is 10.3. The van der Waals surface area contributed by atoms with Crippen LogP contribution < -0.4 is 5.32 Å². The fourth-order valence-corrected chi connectivity index (χ4v) is 1.82. The Labute approximate surface area is 106 Å². The molecule has 98 valence electrons. The van der Waals surface area contributed by atoms with Crippen LogP contribution in [0.4, 0.5) is 4.79 Å². The van der Waals surface area contributed by atoms with Gasteiger partial charge in [0.15, 0.2) is 0 Å². The van der Waals surface area contributed by atoms with Crippen LogP contribution in [0.25, 0.3) is 0 Å². The molecule has 1 aromatic rings. The smallest absolute Gasteiger partial charge is 0.317 e. The minimum atomic E-state index is -0.0514. The fourth-order valence-electron chi connectivity index (χ4n) is 1.82. The molecular formula is C13H18N2O3. The van der Waals surface area contributed by atoms with Crippen molar-refractivity contribution in [2.75, 3.05) is 26.3 Å². The van der Waals surface area contributed by atoms with Crippen molar-refractivity contribution in [3.63, 3.8) is 0 Å². The normalized spacial score (nSPS) is 15.5. The van der Waals surface area contributed by atoms with Gasteiger partial charge in [-0.3, -0.25) is 0 Å². The van der Waals surface area contributed by atoms with E-state index < -0.39 is 0 Å². The molecule has 0 bridgehead atoms. The molecule has 0 saturated carbocycles. The van der Waals surface area contributed by atoms with Crippen LogP contribution in [0.3, 0.4) is 0 Å². The van der Waals surface area contributed by atoms with Gasteiger partial charge in [-0.1, -0.05) is 24.3 Å². The van der Waals surface area contributed by atoms with Gasteiger partial charge >= 0.3 is 6.03 Å². The molecule has 5 nitrogen and oxygen atoms in total. The van der Waals surface area contributed by atoms with Gasteiger partial charge in [-0.15, -0.1) is 0 Å². The van der Waals surface area contributed by atoms with Crippen LogP contribution in [0.1, 0.15) is 11.1 Å². The molecule has 2 rings (SSSR count). The van der Waals surface area contributed by atoms with Crippen LogP contribution in [0.15, 0.2) is 24.3 Å². The molecule has 1 saturated heterocycles. The Balaban J connectivity index is 1.80. The number of nitrogens with one attached hydrogen (secondary N) is 1. The summed E-state index contributed by atoms with van der Waals surface area (Å²) in [7, 11) is 0. The minimum absolute atomic E-state index is 0.0421. The summed E-state index contributed by atoms with van der Waals surface area (Å²) in [6.45, 7) is 3.06. The van der Waals surface area contributed by atoms with Crippen molar-refractivity contribution in [3.8, 4) is 0 Å². The third kappa shape index (κ3) is 3.45.